The summed E-state index contributed by atoms with van der Waals surface area (Å²) in [4.78, 5) is 31.5. The van der Waals surface area contributed by atoms with E-state index in [1.165, 1.54) is 0 Å². The molecule has 0 bridgehead atoms. The van der Waals surface area contributed by atoms with Crippen LogP contribution in [0.5, 0.6) is 11.5 Å². The number of aliphatic imine (C=N–C) groups is 1. The summed E-state index contributed by atoms with van der Waals surface area (Å²) in [5.41, 5.74) is 3.25. The Hall–Kier alpha value is -3.67. The lowest BCUT2D eigenvalue weighted by atomic mass is 10.0. The molecule has 1 saturated carbocycles. The first-order valence-electron chi connectivity index (χ1n) is 10.9. The number of hydrogen-bond donors (Lipinski definition) is 0. The average molecular weight is 426 g/mol. The summed E-state index contributed by atoms with van der Waals surface area (Å²) >= 11 is 0. The zero-order chi connectivity index (χ0) is 21.8. The third-order valence-corrected chi connectivity index (χ3v) is 6.41. The maximum absolute atomic E-state index is 13.4. The first-order valence-corrected chi connectivity index (χ1v) is 10.9. The molecule has 32 heavy (non-hydrogen) atoms. The zero-order valence-electron chi connectivity index (χ0n) is 17.7. The minimum Gasteiger partial charge on any atom is -0.486 e. The number of hydrogen-bond acceptors (Lipinski definition) is 5. The van der Waals surface area contributed by atoms with Crippen molar-refractivity contribution in [2.45, 2.75) is 19.9 Å². The SMILES string of the molecule is CC1=CC2CC2C(Cn2cc(C(=O)c3ccc4c(c3)OCCO4)c(=O)c3ccccc32)=N1. The number of pyridine rings is 1. The average Bonchev–Trinajstić information content (AvgIpc) is 3.60. The van der Waals surface area contributed by atoms with Crippen LogP contribution in [0.1, 0.15) is 29.3 Å². The van der Waals surface area contributed by atoms with E-state index >= 15 is 0 Å². The molecular weight excluding hydrogens is 404 g/mol. The van der Waals surface area contributed by atoms with Crippen molar-refractivity contribution in [1.29, 1.82) is 0 Å². The first-order chi connectivity index (χ1) is 15.6. The van der Waals surface area contributed by atoms with Crippen molar-refractivity contribution in [2.24, 2.45) is 16.8 Å². The molecule has 0 spiro atoms. The van der Waals surface area contributed by atoms with Crippen molar-refractivity contribution in [3.8, 4) is 11.5 Å². The smallest absolute Gasteiger partial charge is 0.200 e. The van der Waals surface area contributed by atoms with E-state index in [4.69, 9.17) is 14.5 Å². The van der Waals surface area contributed by atoms with Crippen LogP contribution in [0.3, 0.4) is 0 Å². The lowest BCUT2D eigenvalue weighted by Gasteiger charge is -2.19. The molecule has 1 aliphatic carbocycles. The second-order valence-electron chi connectivity index (χ2n) is 8.62. The molecular formula is C26H22N2O4. The van der Waals surface area contributed by atoms with Crippen molar-refractivity contribution in [3.63, 3.8) is 0 Å². The Morgan fingerprint density at radius 2 is 1.94 bits per heavy atom. The Kier molecular flexibility index (Phi) is 4.28. The monoisotopic (exact) mass is 426 g/mol. The van der Waals surface area contributed by atoms with Gasteiger partial charge in [-0.15, -0.1) is 0 Å². The summed E-state index contributed by atoms with van der Waals surface area (Å²) in [5.74, 6) is 1.86. The number of benzene rings is 2. The van der Waals surface area contributed by atoms with E-state index in [2.05, 4.69) is 6.08 Å². The predicted molar refractivity (Wildman–Crippen MR) is 122 cm³/mol. The second-order valence-corrected chi connectivity index (χ2v) is 8.62. The molecule has 1 aromatic heterocycles. The normalized spacial score (nSPS) is 20.9. The number of carbonyl (C=O) groups excluding carboxylic acids is 1. The van der Waals surface area contributed by atoms with Crippen molar-refractivity contribution in [2.75, 3.05) is 13.2 Å². The quantitative estimate of drug-likeness (QED) is 0.592. The van der Waals surface area contributed by atoms with Crippen molar-refractivity contribution in [3.05, 3.63) is 81.8 Å². The highest BCUT2D eigenvalue weighted by Crippen LogP contribution is 2.45. The number of ether oxygens (including phenoxy) is 2. The fourth-order valence-electron chi connectivity index (χ4n) is 4.74. The molecule has 0 saturated heterocycles. The molecule has 2 unspecified atom stereocenters. The molecule has 2 atom stereocenters. The Labute approximate surface area is 184 Å². The van der Waals surface area contributed by atoms with E-state index in [1.54, 1.807) is 30.5 Å². The molecule has 3 heterocycles. The summed E-state index contributed by atoms with van der Waals surface area (Å²) in [6, 6.07) is 12.5. The van der Waals surface area contributed by atoms with E-state index < -0.39 is 0 Å². The number of aromatic nitrogens is 1. The highest BCUT2D eigenvalue weighted by Gasteiger charge is 2.41. The van der Waals surface area contributed by atoms with Crippen LogP contribution in [-0.2, 0) is 6.54 Å². The molecule has 6 nitrogen and oxygen atoms in total. The number of para-hydroxylation sites is 1. The van der Waals surface area contributed by atoms with Gasteiger partial charge >= 0.3 is 0 Å². The molecule has 3 aliphatic rings. The summed E-state index contributed by atoms with van der Waals surface area (Å²) in [7, 11) is 0. The van der Waals surface area contributed by atoms with Crippen molar-refractivity contribution in [1.82, 2.24) is 4.57 Å². The van der Waals surface area contributed by atoms with Crippen LogP contribution in [0.4, 0.5) is 0 Å². The molecule has 160 valence electrons. The fraction of sp³-hybridized carbons (Fsp3) is 0.269. The van der Waals surface area contributed by atoms with Gasteiger partial charge in [0.25, 0.3) is 0 Å². The molecule has 6 rings (SSSR count). The topological polar surface area (TPSA) is 69.9 Å². The van der Waals surface area contributed by atoms with Crippen LogP contribution in [0.2, 0.25) is 0 Å². The molecule has 1 fully saturated rings. The van der Waals surface area contributed by atoms with Gasteiger partial charge in [0, 0.05) is 34.5 Å². The Balaban J connectivity index is 1.45. The van der Waals surface area contributed by atoms with Crippen LogP contribution in [-0.4, -0.2) is 29.3 Å². The largest absolute Gasteiger partial charge is 0.486 e. The summed E-state index contributed by atoms with van der Waals surface area (Å²) < 4.78 is 13.2. The number of fused-ring (bicyclic) bond motifs is 3. The van der Waals surface area contributed by atoms with Gasteiger partial charge < -0.3 is 14.0 Å². The van der Waals surface area contributed by atoms with Crippen LogP contribution >= 0.6 is 0 Å². The molecule has 0 radical (unpaired) electrons. The number of nitrogens with zero attached hydrogens (tertiary/aromatic N) is 2. The van der Waals surface area contributed by atoms with Crippen LogP contribution in [0.15, 0.2) is 70.2 Å². The maximum Gasteiger partial charge on any atom is 0.200 e. The van der Waals surface area contributed by atoms with Gasteiger partial charge in [0.1, 0.15) is 13.2 Å². The van der Waals surface area contributed by atoms with Crippen LogP contribution in [0, 0.1) is 11.8 Å². The van der Waals surface area contributed by atoms with Gasteiger partial charge in [-0.1, -0.05) is 18.2 Å². The van der Waals surface area contributed by atoms with E-state index in [0.29, 0.717) is 54.0 Å². The van der Waals surface area contributed by atoms with Gasteiger partial charge in [0.2, 0.25) is 5.43 Å². The molecule has 6 heteroatoms. The van der Waals surface area contributed by atoms with Gasteiger partial charge in [-0.25, -0.2) is 0 Å². The molecule has 3 aromatic rings. The summed E-state index contributed by atoms with van der Waals surface area (Å²) in [5, 5.41) is 0.534. The van der Waals surface area contributed by atoms with Crippen molar-refractivity contribution >= 4 is 22.4 Å². The lowest BCUT2D eigenvalue weighted by Crippen LogP contribution is -2.23. The Bertz CT molecular complexity index is 1400. The summed E-state index contributed by atoms with van der Waals surface area (Å²) in [6.07, 6.45) is 5.04. The Morgan fingerprint density at radius 1 is 1.12 bits per heavy atom. The first kappa shape index (κ1) is 19.0. The van der Waals surface area contributed by atoms with Crippen LogP contribution in [0.25, 0.3) is 10.9 Å². The van der Waals surface area contributed by atoms with Crippen LogP contribution < -0.4 is 14.9 Å². The summed E-state index contributed by atoms with van der Waals surface area (Å²) in [6.45, 7) is 3.51. The number of carbonyl (C=O) groups is 1. The maximum atomic E-state index is 13.4. The molecule has 0 N–H and O–H groups in total. The van der Waals surface area contributed by atoms with Gasteiger partial charge in [0.05, 0.1) is 17.6 Å². The number of rotatable bonds is 4. The minimum absolute atomic E-state index is 0.149. The second kappa shape index (κ2) is 7.19. The number of allylic oxidation sites excluding steroid dienone is 2. The van der Waals surface area contributed by atoms with Gasteiger partial charge in [0.15, 0.2) is 17.3 Å². The molecule has 2 aromatic carbocycles. The molecule has 2 aliphatic heterocycles. The van der Waals surface area contributed by atoms with Gasteiger partial charge in [-0.05, 0) is 49.6 Å². The number of ketones is 1. The lowest BCUT2D eigenvalue weighted by molar-refractivity contribution is 0.103. The minimum atomic E-state index is -0.322. The van der Waals surface area contributed by atoms with E-state index in [9.17, 15) is 9.59 Å². The van der Waals surface area contributed by atoms with Crippen molar-refractivity contribution < 1.29 is 14.3 Å². The fourth-order valence-corrected chi connectivity index (χ4v) is 4.74. The third-order valence-electron chi connectivity index (χ3n) is 6.41. The highest BCUT2D eigenvalue weighted by atomic mass is 16.6. The van der Waals surface area contributed by atoms with Gasteiger partial charge in [-0.2, -0.15) is 0 Å². The highest BCUT2D eigenvalue weighted by molar-refractivity contribution is 6.10. The standard InChI is InChI=1S/C26H22N2O4/c1-15-10-17-11-19(17)21(27-15)14-28-13-20(26(30)18-4-2-3-5-22(18)28)25(29)16-6-7-23-24(12-16)32-9-8-31-23/h2-7,10,12-13,17,19H,8-9,11,14H2,1H3. The molecule has 0 amide bonds. The Morgan fingerprint density at radius 3 is 2.81 bits per heavy atom. The zero-order valence-corrected chi connectivity index (χ0v) is 17.7. The van der Waals surface area contributed by atoms with E-state index in [0.717, 1.165) is 23.3 Å². The van der Waals surface area contributed by atoms with E-state index in [-0.39, 0.29) is 16.8 Å². The predicted octanol–water partition coefficient (Wildman–Crippen LogP) is 4.00. The third kappa shape index (κ3) is 3.14. The van der Waals surface area contributed by atoms with E-state index in [1.807, 2.05) is 29.7 Å². The van der Waals surface area contributed by atoms with Gasteiger partial charge in [-0.3, -0.25) is 14.6 Å².